The van der Waals surface area contributed by atoms with Crippen molar-refractivity contribution in [3.05, 3.63) is 60.0 Å². The third-order valence-corrected chi connectivity index (χ3v) is 2.88. The Labute approximate surface area is 104 Å². The Morgan fingerprint density at radius 3 is 2.71 bits per heavy atom. The monoisotopic (exact) mass is 240 g/mol. The van der Waals surface area contributed by atoms with Gasteiger partial charge in [-0.3, -0.25) is 9.97 Å². The highest BCUT2D eigenvalue weighted by atomic mass is 35.5. The average Bonchev–Trinajstić information content (AvgIpc) is 2.39. The molecule has 1 aromatic heterocycles. The maximum absolute atomic E-state index is 6.13. The zero-order chi connectivity index (χ0) is 11.7. The van der Waals surface area contributed by atoms with Gasteiger partial charge >= 0.3 is 0 Å². The molecule has 0 atom stereocenters. The molecule has 0 unspecified atom stereocenters. The van der Waals surface area contributed by atoms with Crippen molar-refractivity contribution in [2.75, 3.05) is 0 Å². The molecule has 0 fully saturated rings. The Balaban J connectivity index is 2.36. The summed E-state index contributed by atoms with van der Waals surface area (Å²) in [6.07, 6.45) is 5.10. The second-order valence-electron chi connectivity index (χ2n) is 3.77. The van der Waals surface area contributed by atoms with Crippen molar-refractivity contribution in [1.29, 1.82) is 0 Å². The van der Waals surface area contributed by atoms with Gasteiger partial charge in [0.1, 0.15) is 0 Å². The van der Waals surface area contributed by atoms with Crippen LogP contribution >= 0.6 is 11.6 Å². The summed E-state index contributed by atoms with van der Waals surface area (Å²) in [4.78, 5) is 8.41. The minimum absolute atomic E-state index is 0.712. The van der Waals surface area contributed by atoms with Gasteiger partial charge in [-0.05, 0) is 22.9 Å². The molecule has 0 aliphatic carbocycles. The maximum atomic E-state index is 6.13. The SMILES string of the molecule is Clc1cc(-c2cnccn2)c2ccccc2c1. The van der Waals surface area contributed by atoms with Crippen LogP contribution in [0.5, 0.6) is 0 Å². The third-order valence-electron chi connectivity index (χ3n) is 2.67. The van der Waals surface area contributed by atoms with Crippen molar-refractivity contribution in [2.45, 2.75) is 0 Å². The highest BCUT2D eigenvalue weighted by Crippen LogP contribution is 2.30. The van der Waals surface area contributed by atoms with E-state index in [1.807, 2.05) is 30.3 Å². The van der Waals surface area contributed by atoms with E-state index in [2.05, 4.69) is 16.0 Å². The fourth-order valence-electron chi connectivity index (χ4n) is 1.92. The molecule has 0 N–H and O–H groups in total. The number of hydrogen-bond acceptors (Lipinski definition) is 2. The molecule has 1 heterocycles. The van der Waals surface area contributed by atoms with Gasteiger partial charge in [0.2, 0.25) is 0 Å². The van der Waals surface area contributed by atoms with E-state index in [1.165, 1.54) is 0 Å². The standard InChI is InChI=1S/C14H9ClN2/c15-11-7-10-3-1-2-4-12(10)13(8-11)14-9-16-5-6-17-14/h1-9H. The van der Waals surface area contributed by atoms with Crippen LogP contribution in [0.4, 0.5) is 0 Å². The van der Waals surface area contributed by atoms with E-state index in [9.17, 15) is 0 Å². The molecule has 0 saturated carbocycles. The van der Waals surface area contributed by atoms with Gasteiger partial charge in [0.05, 0.1) is 11.9 Å². The summed E-state index contributed by atoms with van der Waals surface area (Å²) in [6.45, 7) is 0. The lowest BCUT2D eigenvalue weighted by molar-refractivity contribution is 1.21. The molecule has 17 heavy (non-hydrogen) atoms. The van der Waals surface area contributed by atoms with Crippen LogP contribution in [-0.4, -0.2) is 9.97 Å². The molecule has 0 amide bonds. The fourth-order valence-corrected chi connectivity index (χ4v) is 2.15. The quantitative estimate of drug-likeness (QED) is 0.644. The second kappa shape index (κ2) is 4.15. The molecule has 3 aromatic rings. The molecule has 0 radical (unpaired) electrons. The Hall–Kier alpha value is -1.93. The van der Waals surface area contributed by atoms with Crippen LogP contribution in [-0.2, 0) is 0 Å². The van der Waals surface area contributed by atoms with Crippen molar-refractivity contribution >= 4 is 22.4 Å². The minimum atomic E-state index is 0.712. The zero-order valence-corrected chi connectivity index (χ0v) is 9.72. The van der Waals surface area contributed by atoms with E-state index in [-0.39, 0.29) is 0 Å². The Bertz CT molecular complexity index is 665. The highest BCUT2D eigenvalue weighted by molar-refractivity contribution is 6.32. The molecule has 0 aliphatic heterocycles. The molecule has 0 saturated heterocycles. The molecule has 0 aliphatic rings. The van der Waals surface area contributed by atoms with Gasteiger partial charge in [0.25, 0.3) is 0 Å². The van der Waals surface area contributed by atoms with Gasteiger partial charge in [-0.25, -0.2) is 0 Å². The summed E-state index contributed by atoms with van der Waals surface area (Å²) in [5, 5.41) is 2.96. The Morgan fingerprint density at radius 2 is 1.88 bits per heavy atom. The normalized spacial score (nSPS) is 10.6. The maximum Gasteiger partial charge on any atom is 0.0891 e. The summed E-state index contributed by atoms with van der Waals surface area (Å²) < 4.78 is 0. The van der Waals surface area contributed by atoms with Crippen molar-refractivity contribution in [1.82, 2.24) is 9.97 Å². The smallest absolute Gasteiger partial charge is 0.0891 e. The molecule has 2 nitrogen and oxygen atoms in total. The number of nitrogens with zero attached hydrogens (tertiary/aromatic N) is 2. The lowest BCUT2D eigenvalue weighted by Gasteiger charge is -2.06. The number of aromatic nitrogens is 2. The summed E-state index contributed by atoms with van der Waals surface area (Å²) in [7, 11) is 0. The van der Waals surface area contributed by atoms with Crippen LogP contribution in [0.25, 0.3) is 22.0 Å². The first kappa shape index (κ1) is 10.2. The topological polar surface area (TPSA) is 25.8 Å². The molecule has 2 aromatic carbocycles. The van der Waals surface area contributed by atoms with Gasteiger partial charge < -0.3 is 0 Å². The van der Waals surface area contributed by atoms with Crippen molar-refractivity contribution < 1.29 is 0 Å². The van der Waals surface area contributed by atoms with Crippen LogP contribution in [0.3, 0.4) is 0 Å². The third kappa shape index (κ3) is 1.87. The van der Waals surface area contributed by atoms with Gasteiger partial charge in [-0.2, -0.15) is 0 Å². The minimum Gasteiger partial charge on any atom is -0.261 e. The molecule has 0 spiro atoms. The summed E-state index contributed by atoms with van der Waals surface area (Å²) in [5.74, 6) is 0. The number of fused-ring (bicyclic) bond motifs is 1. The largest absolute Gasteiger partial charge is 0.261 e. The van der Waals surface area contributed by atoms with Gasteiger partial charge in [-0.1, -0.05) is 35.9 Å². The second-order valence-corrected chi connectivity index (χ2v) is 4.20. The zero-order valence-electron chi connectivity index (χ0n) is 8.97. The molecule has 82 valence electrons. The summed E-state index contributed by atoms with van der Waals surface area (Å²) >= 11 is 6.13. The van der Waals surface area contributed by atoms with Crippen molar-refractivity contribution in [3.8, 4) is 11.3 Å². The molecule has 0 bridgehead atoms. The van der Waals surface area contributed by atoms with Crippen LogP contribution in [0.2, 0.25) is 5.02 Å². The van der Waals surface area contributed by atoms with Gasteiger partial charge in [0, 0.05) is 23.0 Å². The molecular weight excluding hydrogens is 232 g/mol. The van der Waals surface area contributed by atoms with E-state index in [1.54, 1.807) is 18.6 Å². The first-order valence-corrected chi connectivity index (χ1v) is 5.67. The lowest BCUT2D eigenvalue weighted by atomic mass is 10.0. The van der Waals surface area contributed by atoms with Gasteiger partial charge in [-0.15, -0.1) is 0 Å². The predicted octanol–water partition coefficient (Wildman–Crippen LogP) is 3.95. The highest BCUT2D eigenvalue weighted by Gasteiger charge is 2.06. The van der Waals surface area contributed by atoms with Crippen molar-refractivity contribution in [2.24, 2.45) is 0 Å². The van der Waals surface area contributed by atoms with E-state index >= 15 is 0 Å². The molecule has 3 rings (SSSR count). The Kier molecular flexibility index (Phi) is 2.50. The van der Waals surface area contributed by atoms with Gasteiger partial charge in [0.15, 0.2) is 0 Å². The summed E-state index contributed by atoms with van der Waals surface area (Å²) in [5.41, 5.74) is 1.85. The number of halogens is 1. The van der Waals surface area contributed by atoms with E-state index in [4.69, 9.17) is 11.6 Å². The summed E-state index contributed by atoms with van der Waals surface area (Å²) in [6, 6.07) is 12.0. The van der Waals surface area contributed by atoms with E-state index < -0.39 is 0 Å². The number of benzene rings is 2. The first-order chi connectivity index (χ1) is 8.34. The average molecular weight is 241 g/mol. The first-order valence-electron chi connectivity index (χ1n) is 5.29. The predicted molar refractivity (Wildman–Crippen MR) is 70.0 cm³/mol. The van der Waals surface area contributed by atoms with Crippen LogP contribution in [0.1, 0.15) is 0 Å². The van der Waals surface area contributed by atoms with Crippen LogP contribution in [0, 0.1) is 0 Å². The van der Waals surface area contributed by atoms with Crippen molar-refractivity contribution in [3.63, 3.8) is 0 Å². The molecular formula is C14H9ClN2. The Morgan fingerprint density at radius 1 is 1.00 bits per heavy atom. The lowest BCUT2D eigenvalue weighted by Crippen LogP contribution is -1.86. The number of rotatable bonds is 1. The van der Waals surface area contributed by atoms with Crippen LogP contribution in [0.15, 0.2) is 55.0 Å². The van der Waals surface area contributed by atoms with E-state index in [0.717, 1.165) is 22.0 Å². The van der Waals surface area contributed by atoms with E-state index in [0.29, 0.717) is 5.02 Å². The fraction of sp³-hybridized carbons (Fsp3) is 0. The molecule has 3 heteroatoms. The number of hydrogen-bond donors (Lipinski definition) is 0. The van der Waals surface area contributed by atoms with Crippen LogP contribution < -0.4 is 0 Å².